The molecule has 24 heavy (non-hydrogen) atoms. The summed E-state index contributed by atoms with van der Waals surface area (Å²) in [5, 5.41) is 29.8. The third-order valence-corrected chi connectivity index (χ3v) is 3.17. The van der Waals surface area contributed by atoms with Crippen LogP contribution in [-0.2, 0) is 11.2 Å². The van der Waals surface area contributed by atoms with E-state index in [2.05, 4.69) is 0 Å². The van der Waals surface area contributed by atoms with Gasteiger partial charge < -0.3 is 10.2 Å². The van der Waals surface area contributed by atoms with Crippen LogP contribution in [0.25, 0.3) is 0 Å². The van der Waals surface area contributed by atoms with E-state index in [4.69, 9.17) is 5.84 Å². The third kappa shape index (κ3) is 3.65. The van der Waals surface area contributed by atoms with Crippen molar-refractivity contribution in [2.75, 3.05) is 0 Å². The van der Waals surface area contributed by atoms with Gasteiger partial charge in [0, 0.05) is 11.6 Å². The Labute approximate surface area is 135 Å². The van der Waals surface area contributed by atoms with Gasteiger partial charge in [-0.1, -0.05) is 12.1 Å². The molecular formula is C15H13N3O6. The molecule has 2 amide bonds. The highest BCUT2D eigenvalue weighted by Crippen LogP contribution is 2.26. The molecule has 2 aromatic carbocycles. The Balaban J connectivity index is 2.18. The van der Waals surface area contributed by atoms with Gasteiger partial charge in [0.1, 0.15) is 5.75 Å². The standard InChI is InChI=1S/C15H13N3O6/c16-17(14(21)7-9-2-1-3-11(19)6-9)15(22)10-4-5-13(20)12(8-10)18(23)24/h1-6,8,19-20H,7,16H2. The van der Waals surface area contributed by atoms with Crippen molar-refractivity contribution in [2.45, 2.75) is 6.42 Å². The molecule has 2 rings (SSSR count). The Bertz CT molecular complexity index is 821. The van der Waals surface area contributed by atoms with Crippen LogP contribution >= 0.6 is 0 Å². The Morgan fingerprint density at radius 2 is 1.88 bits per heavy atom. The number of hydrazine groups is 1. The predicted molar refractivity (Wildman–Crippen MR) is 81.9 cm³/mol. The lowest BCUT2D eigenvalue weighted by Gasteiger charge is -2.15. The predicted octanol–water partition coefficient (Wildman–Crippen LogP) is 1.09. The largest absolute Gasteiger partial charge is 0.508 e. The van der Waals surface area contributed by atoms with Gasteiger partial charge in [-0.25, -0.2) is 10.9 Å². The monoisotopic (exact) mass is 331 g/mol. The van der Waals surface area contributed by atoms with E-state index in [0.29, 0.717) is 10.6 Å². The second-order valence-corrected chi connectivity index (χ2v) is 4.88. The van der Waals surface area contributed by atoms with E-state index in [-0.39, 0.29) is 17.7 Å². The second kappa shape index (κ2) is 6.75. The van der Waals surface area contributed by atoms with Crippen molar-refractivity contribution in [3.8, 4) is 11.5 Å². The average molecular weight is 331 g/mol. The number of nitro groups is 1. The molecule has 0 unspecified atom stereocenters. The molecule has 0 spiro atoms. The summed E-state index contributed by atoms with van der Waals surface area (Å²) in [6.45, 7) is 0. The molecule has 0 saturated carbocycles. The summed E-state index contributed by atoms with van der Waals surface area (Å²) in [4.78, 5) is 34.1. The molecule has 0 saturated heterocycles. The van der Waals surface area contributed by atoms with Gasteiger partial charge in [0.25, 0.3) is 5.91 Å². The zero-order chi connectivity index (χ0) is 17.9. The van der Waals surface area contributed by atoms with Gasteiger partial charge in [0.2, 0.25) is 5.91 Å². The first kappa shape index (κ1) is 16.9. The summed E-state index contributed by atoms with van der Waals surface area (Å²) in [6, 6.07) is 8.80. The highest BCUT2D eigenvalue weighted by Gasteiger charge is 2.23. The molecule has 0 bridgehead atoms. The number of benzene rings is 2. The van der Waals surface area contributed by atoms with Crippen LogP contribution in [0.15, 0.2) is 42.5 Å². The Kier molecular flexibility index (Phi) is 4.76. The molecule has 0 fully saturated rings. The van der Waals surface area contributed by atoms with E-state index < -0.39 is 28.2 Å². The first-order chi connectivity index (χ1) is 11.3. The zero-order valence-electron chi connectivity index (χ0n) is 12.2. The number of phenolic OH excluding ortho intramolecular Hbond substituents is 2. The number of amides is 2. The van der Waals surface area contributed by atoms with Crippen molar-refractivity contribution in [2.24, 2.45) is 5.84 Å². The fourth-order valence-corrected chi connectivity index (χ4v) is 1.98. The topological polar surface area (TPSA) is 147 Å². The maximum atomic E-state index is 12.2. The van der Waals surface area contributed by atoms with Crippen LogP contribution in [0.4, 0.5) is 5.69 Å². The summed E-state index contributed by atoms with van der Waals surface area (Å²) in [5.41, 5.74) is -0.444. The maximum absolute atomic E-state index is 12.2. The minimum absolute atomic E-state index is 0.0376. The van der Waals surface area contributed by atoms with Crippen LogP contribution in [0, 0.1) is 10.1 Å². The Morgan fingerprint density at radius 3 is 2.50 bits per heavy atom. The Morgan fingerprint density at radius 1 is 1.17 bits per heavy atom. The number of imide groups is 1. The number of carbonyl (C=O) groups is 2. The van der Waals surface area contributed by atoms with E-state index in [0.717, 1.165) is 18.2 Å². The molecule has 124 valence electrons. The number of carbonyl (C=O) groups excluding carboxylic acids is 2. The Hall–Kier alpha value is -3.46. The van der Waals surface area contributed by atoms with E-state index >= 15 is 0 Å². The summed E-state index contributed by atoms with van der Waals surface area (Å²) in [7, 11) is 0. The summed E-state index contributed by atoms with van der Waals surface area (Å²) >= 11 is 0. The fourth-order valence-electron chi connectivity index (χ4n) is 1.98. The van der Waals surface area contributed by atoms with Crippen molar-refractivity contribution < 1.29 is 24.7 Å². The van der Waals surface area contributed by atoms with Crippen LogP contribution in [0.1, 0.15) is 15.9 Å². The van der Waals surface area contributed by atoms with Gasteiger partial charge >= 0.3 is 5.69 Å². The molecule has 0 aliphatic carbocycles. The third-order valence-electron chi connectivity index (χ3n) is 3.17. The summed E-state index contributed by atoms with van der Waals surface area (Å²) < 4.78 is 0. The quantitative estimate of drug-likeness (QED) is 0.329. The number of hydrogen-bond donors (Lipinski definition) is 3. The number of nitro benzene ring substituents is 1. The molecule has 9 heteroatoms. The van der Waals surface area contributed by atoms with Gasteiger partial charge in [0.05, 0.1) is 11.3 Å². The first-order valence-electron chi connectivity index (χ1n) is 6.67. The first-order valence-corrected chi connectivity index (χ1v) is 6.67. The number of hydrogen-bond acceptors (Lipinski definition) is 7. The van der Waals surface area contributed by atoms with E-state index in [9.17, 15) is 29.9 Å². The second-order valence-electron chi connectivity index (χ2n) is 4.88. The fraction of sp³-hybridized carbons (Fsp3) is 0.0667. The van der Waals surface area contributed by atoms with Gasteiger partial charge in [0.15, 0.2) is 5.75 Å². The highest BCUT2D eigenvalue weighted by molar-refractivity contribution is 6.05. The highest BCUT2D eigenvalue weighted by atomic mass is 16.6. The number of nitrogens with two attached hydrogens (primary N) is 1. The molecule has 2 aromatic rings. The molecular weight excluding hydrogens is 318 g/mol. The smallest absolute Gasteiger partial charge is 0.311 e. The average Bonchev–Trinajstić information content (AvgIpc) is 2.53. The SMILES string of the molecule is NN(C(=O)Cc1cccc(O)c1)C(=O)c1ccc(O)c([N+](=O)[O-])c1. The van der Waals surface area contributed by atoms with E-state index in [1.165, 1.54) is 18.2 Å². The lowest BCUT2D eigenvalue weighted by Crippen LogP contribution is -2.43. The molecule has 9 nitrogen and oxygen atoms in total. The van der Waals surface area contributed by atoms with E-state index in [1.807, 2.05) is 0 Å². The maximum Gasteiger partial charge on any atom is 0.311 e. The van der Waals surface area contributed by atoms with Crippen LogP contribution in [0.2, 0.25) is 0 Å². The molecule has 0 radical (unpaired) electrons. The number of phenols is 2. The van der Waals surface area contributed by atoms with Crippen LogP contribution in [-0.4, -0.2) is 32.0 Å². The summed E-state index contributed by atoms with van der Waals surface area (Å²) in [6.07, 6.45) is -0.239. The molecule has 0 atom stereocenters. The van der Waals surface area contributed by atoms with Crippen LogP contribution in [0.5, 0.6) is 11.5 Å². The number of aromatic hydroxyl groups is 2. The molecule has 0 aliphatic heterocycles. The van der Waals surface area contributed by atoms with Gasteiger partial charge in [-0.3, -0.25) is 19.7 Å². The van der Waals surface area contributed by atoms with Gasteiger partial charge in [-0.15, -0.1) is 0 Å². The van der Waals surface area contributed by atoms with E-state index in [1.54, 1.807) is 6.07 Å². The molecule has 4 N–H and O–H groups in total. The minimum atomic E-state index is -0.955. The number of rotatable bonds is 4. The normalized spacial score (nSPS) is 10.2. The van der Waals surface area contributed by atoms with Crippen LogP contribution < -0.4 is 5.84 Å². The van der Waals surface area contributed by atoms with Crippen molar-refractivity contribution in [3.05, 3.63) is 63.7 Å². The zero-order valence-corrected chi connectivity index (χ0v) is 12.2. The summed E-state index contributed by atoms with van der Waals surface area (Å²) in [5.74, 6) is 3.12. The molecule has 0 heterocycles. The molecule has 0 aromatic heterocycles. The van der Waals surface area contributed by atoms with Gasteiger partial charge in [-0.05, 0) is 29.8 Å². The minimum Gasteiger partial charge on any atom is -0.508 e. The lowest BCUT2D eigenvalue weighted by molar-refractivity contribution is -0.385. The lowest BCUT2D eigenvalue weighted by atomic mass is 10.1. The van der Waals surface area contributed by atoms with Crippen molar-refractivity contribution in [1.82, 2.24) is 5.01 Å². The van der Waals surface area contributed by atoms with Crippen molar-refractivity contribution in [1.29, 1.82) is 0 Å². The van der Waals surface area contributed by atoms with Crippen LogP contribution in [0.3, 0.4) is 0 Å². The van der Waals surface area contributed by atoms with Crippen molar-refractivity contribution in [3.63, 3.8) is 0 Å². The van der Waals surface area contributed by atoms with Gasteiger partial charge in [-0.2, -0.15) is 0 Å². The molecule has 0 aliphatic rings. The van der Waals surface area contributed by atoms with Crippen molar-refractivity contribution >= 4 is 17.5 Å². The number of nitrogens with zero attached hydrogens (tertiary/aromatic N) is 2.